The third kappa shape index (κ3) is 3.79. The largest absolute Gasteiger partial charge is 0.467 e. The normalized spacial score (nSPS) is 22.2. The number of esters is 1. The standard InChI is InChI=1S/C10H18N2O4/c1-16-10(15)8(13)6-12-9(14)7-3-2-4-11-5-7/h7-8,11,13H,2-6H2,1H3,(H,12,14). The Hall–Kier alpha value is -1.14. The highest BCUT2D eigenvalue weighted by Crippen LogP contribution is 2.09. The summed E-state index contributed by atoms with van der Waals surface area (Å²) in [7, 11) is 1.19. The number of hydrogen-bond acceptors (Lipinski definition) is 5. The molecule has 1 rings (SSSR count). The van der Waals surface area contributed by atoms with Crippen molar-refractivity contribution in [2.45, 2.75) is 18.9 Å². The van der Waals surface area contributed by atoms with E-state index in [0.29, 0.717) is 6.54 Å². The minimum Gasteiger partial charge on any atom is -0.467 e. The number of rotatable bonds is 4. The molecule has 0 saturated carbocycles. The molecule has 1 amide bonds. The first kappa shape index (κ1) is 12.9. The van der Waals surface area contributed by atoms with Gasteiger partial charge < -0.3 is 20.5 Å². The number of piperidine rings is 1. The van der Waals surface area contributed by atoms with E-state index in [2.05, 4.69) is 15.4 Å². The Labute approximate surface area is 94.3 Å². The van der Waals surface area contributed by atoms with Crippen molar-refractivity contribution in [3.05, 3.63) is 0 Å². The van der Waals surface area contributed by atoms with Crippen molar-refractivity contribution in [2.75, 3.05) is 26.7 Å². The van der Waals surface area contributed by atoms with Gasteiger partial charge in [0.1, 0.15) is 0 Å². The molecule has 1 aliphatic rings. The van der Waals surface area contributed by atoms with Crippen LogP contribution in [0.25, 0.3) is 0 Å². The fraction of sp³-hybridized carbons (Fsp3) is 0.800. The molecule has 3 N–H and O–H groups in total. The number of aliphatic hydroxyl groups excluding tert-OH is 1. The molecule has 6 heteroatoms. The SMILES string of the molecule is COC(=O)C(O)CNC(=O)C1CCCNC1. The number of hydrogen-bond donors (Lipinski definition) is 3. The summed E-state index contributed by atoms with van der Waals surface area (Å²) in [5.41, 5.74) is 0. The fourth-order valence-corrected chi connectivity index (χ4v) is 1.64. The highest BCUT2D eigenvalue weighted by molar-refractivity contribution is 5.80. The highest BCUT2D eigenvalue weighted by atomic mass is 16.5. The molecule has 1 aliphatic heterocycles. The first-order chi connectivity index (χ1) is 7.65. The van der Waals surface area contributed by atoms with E-state index in [1.54, 1.807) is 0 Å². The van der Waals surface area contributed by atoms with E-state index in [9.17, 15) is 14.7 Å². The van der Waals surface area contributed by atoms with Crippen LogP contribution in [-0.4, -0.2) is 49.8 Å². The second-order valence-electron chi connectivity index (χ2n) is 3.83. The quantitative estimate of drug-likeness (QED) is 0.519. The molecule has 16 heavy (non-hydrogen) atoms. The van der Waals surface area contributed by atoms with Crippen LogP contribution in [0.1, 0.15) is 12.8 Å². The monoisotopic (exact) mass is 230 g/mol. The lowest BCUT2D eigenvalue weighted by Gasteiger charge is -2.22. The van der Waals surface area contributed by atoms with Crippen molar-refractivity contribution >= 4 is 11.9 Å². The Kier molecular flexibility index (Phi) is 5.21. The van der Waals surface area contributed by atoms with Gasteiger partial charge in [0.05, 0.1) is 19.6 Å². The predicted octanol–water partition coefficient (Wildman–Crippen LogP) is -1.36. The van der Waals surface area contributed by atoms with E-state index in [0.717, 1.165) is 19.4 Å². The summed E-state index contributed by atoms with van der Waals surface area (Å²) in [6.45, 7) is 1.50. The van der Waals surface area contributed by atoms with Gasteiger partial charge in [-0.3, -0.25) is 4.79 Å². The summed E-state index contributed by atoms with van der Waals surface area (Å²) in [6.07, 6.45) is 0.524. The molecular weight excluding hydrogens is 212 g/mol. The molecule has 92 valence electrons. The summed E-state index contributed by atoms with van der Waals surface area (Å²) < 4.78 is 4.34. The van der Waals surface area contributed by atoms with Crippen molar-refractivity contribution in [3.63, 3.8) is 0 Å². The molecule has 0 radical (unpaired) electrons. The van der Waals surface area contributed by atoms with Crippen molar-refractivity contribution < 1.29 is 19.4 Å². The van der Waals surface area contributed by atoms with Crippen LogP contribution in [-0.2, 0) is 14.3 Å². The third-order valence-corrected chi connectivity index (χ3v) is 2.61. The van der Waals surface area contributed by atoms with E-state index in [1.165, 1.54) is 7.11 Å². The van der Waals surface area contributed by atoms with Gasteiger partial charge in [-0.05, 0) is 19.4 Å². The number of aliphatic hydroxyl groups is 1. The van der Waals surface area contributed by atoms with Crippen LogP contribution in [0.2, 0.25) is 0 Å². The van der Waals surface area contributed by atoms with Gasteiger partial charge in [0.25, 0.3) is 0 Å². The fourth-order valence-electron chi connectivity index (χ4n) is 1.64. The second kappa shape index (κ2) is 6.44. The molecule has 0 aliphatic carbocycles. The second-order valence-corrected chi connectivity index (χ2v) is 3.83. The Balaban J connectivity index is 2.26. The van der Waals surface area contributed by atoms with Gasteiger partial charge in [-0.15, -0.1) is 0 Å². The van der Waals surface area contributed by atoms with Crippen molar-refractivity contribution in [1.82, 2.24) is 10.6 Å². The molecular formula is C10H18N2O4. The predicted molar refractivity (Wildman–Crippen MR) is 56.6 cm³/mol. The zero-order chi connectivity index (χ0) is 12.0. The van der Waals surface area contributed by atoms with Gasteiger partial charge in [0.2, 0.25) is 5.91 Å². The molecule has 1 heterocycles. The van der Waals surface area contributed by atoms with E-state index in [-0.39, 0.29) is 18.4 Å². The Morgan fingerprint density at radius 3 is 2.94 bits per heavy atom. The maximum atomic E-state index is 11.6. The van der Waals surface area contributed by atoms with Crippen LogP contribution in [0.15, 0.2) is 0 Å². The van der Waals surface area contributed by atoms with Gasteiger partial charge in [-0.2, -0.15) is 0 Å². The molecule has 0 bridgehead atoms. The molecule has 0 spiro atoms. The average molecular weight is 230 g/mol. The van der Waals surface area contributed by atoms with Crippen molar-refractivity contribution in [1.29, 1.82) is 0 Å². The number of carbonyl (C=O) groups is 2. The number of methoxy groups -OCH3 is 1. The molecule has 1 fully saturated rings. The van der Waals surface area contributed by atoms with Gasteiger partial charge in [-0.25, -0.2) is 4.79 Å². The Morgan fingerprint density at radius 2 is 2.38 bits per heavy atom. The lowest BCUT2D eigenvalue weighted by molar-refractivity contribution is -0.150. The maximum absolute atomic E-state index is 11.6. The molecule has 6 nitrogen and oxygen atoms in total. The van der Waals surface area contributed by atoms with Crippen LogP contribution in [0.5, 0.6) is 0 Å². The van der Waals surface area contributed by atoms with E-state index in [1.807, 2.05) is 0 Å². The summed E-state index contributed by atoms with van der Waals surface area (Å²) >= 11 is 0. The van der Waals surface area contributed by atoms with Gasteiger partial charge >= 0.3 is 5.97 Å². The van der Waals surface area contributed by atoms with Crippen LogP contribution < -0.4 is 10.6 Å². The Morgan fingerprint density at radius 1 is 1.62 bits per heavy atom. The zero-order valence-corrected chi connectivity index (χ0v) is 9.36. The first-order valence-corrected chi connectivity index (χ1v) is 5.39. The smallest absolute Gasteiger partial charge is 0.336 e. The lowest BCUT2D eigenvalue weighted by Crippen LogP contribution is -2.44. The van der Waals surface area contributed by atoms with Crippen LogP contribution >= 0.6 is 0 Å². The summed E-state index contributed by atoms with van der Waals surface area (Å²) in [6, 6.07) is 0. The van der Waals surface area contributed by atoms with Gasteiger partial charge in [0, 0.05) is 6.54 Å². The number of nitrogens with one attached hydrogen (secondary N) is 2. The van der Waals surface area contributed by atoms with Crippen molar-refractivity contribution in [2.24, 2.45) is 5.92 Å². The van der Waals surface area contributed by atoms with E-state index >= 15 is 0 Å². The number of amides is 1. The minimum atomic E-state index is -1.29. The van der Waals surface area contributed by atoms with Crippen molar-refractivity contribution in [3.8, 4) is 0 Å². The lowest BCUT2D eigenvalue weighted by atomic mass is 9.99. The minimum absolute atomic E-state index is 0.0707. The van der Waals surface area contributed by atoms with Crippen LogP contribution in [0.3, 0.4) is 0 Å². The Bertz CT molecular complexity index is 251. The maximum Gasteiger partial charge on any atom is 0.336 e. The number of carbonyl (C=O) groups excluding carboxylic acids is 2. The zero-order valence-electron chi connectivity index (χ0n) is 9.36. The van der Waals surface area contributed by atoms with Gasteiger partial charge in [-0.1, -0.05) is 0 Å². The third-order valence-electron chi connectivity index (χ3n) is 2.61. The molecule has 2 unspecified atom stereocenters. The summed E-state index contributed by atoms with van der Waals surface area (Å²) in [5, 5.41) is 14.9. The summed E-state index contributed by atoms with van der Waals surface area (Å²) in [4.78, 5) is 22.5. The van der Waals surface area contributed by atoms with Crippen LogP contribution in [0.4, 0.5) is 0 Å². The van der Waals surface area contributed by atoms with Crippen LogP contribution in [0, 0.1) is 5.92 Å². The molecule has 0 aromatic heterocycles. The number of ether oxygens (including phenoxy) is 1. The molecule has 0 aromatic carbocycles. The average Bonchev–Trinajstić information content (AvgIpc) is 2.35. The van der Waals surface area contributed by atoms with E-state index < -0.39 is 12.1 Å². The molecule has 2 atom stereocenters. The molecule has 1 saturated heterocycles. The highest BCUT2D eigenvalue weighted by Gasteiger charge is 2.22. The molecule has 0 aromatic rings. The topological polar surface area (TPSA) is 87.7 Å². The first-order valence-electron chi connectivity index (χ1n) is 5.39. The van der Waals surface area contributed by atoms with E-state index in [4.69, 9.17) is 0 Å². The summed E-state index contributed by atoms with van der Waals surface area (Å²) in [5.74, 6) is -0.934. The van der Waals surface area contributed by atoms with Gasteiger partial charge in [0.15, 0.2) is 6.10 Å².